The first-order valence-electron chi connectivity index (χ1n) is 6.44. The number of rotatable bonds is 0. The van der Waals surface area contributed by atoms with Crippen LogP contribution in [0.15, 0.2) is 24.3 Å². The number of hydrogen-bond donors (Lipinski definition) is 0. The molecule has 2 saturated carbocycles. The van der Waals surface area contributed by atoms with Crippen molar-refractivity contribution in [1.29, 1.82) is 5.26 Å². The van der Waals surface area contributed by atoms with Crippen molar-refractivity contribution in [3.63, 3.8) is 0 Å². The summed E-state index contributed by atoms with van der Waals surface area (Å²) < 4.78 is 5.70. The van der Waals surface area contributed by atoms with Crippen molar-refractivity contribution in [1.82, 2.24) is 0 Å². The summed E-state index contributed by atoms with van der Waals surface area (Å²) in [6, 6.07) is 11.3. The van der Waals surface area contributed by atoms with Gasteiger partial charge in [0, 0.05) is 5.41 Å². The topological polar surface area (TPSA) is 33.0 Å². The van der Waals surface area contributed by atoms with E-state index in [-0.39, 0.29) is 10.8 Å². The second-order valence-corrected chi connectivity index (χ2v) is 6.08. The molecule has 1 spiro atoms. The Morgan fingerprint density at radius 1 is 1.35 bits per heavy atom. The van der Waals surface area contributed by atoms with Crippen LogP contribution in [0, 0.1) is 28.6 Å². The van der Waals surface area contributed by atoms with Gasteiger partial charge in [0.1, 0.15) is 0 Å². The van der Waals surface area contributed by atoms with Crippen molar-refractivity contribution in [2.24, 2.45) is 17.3 Å². The van der Waals surface area contributed by atoms with Crippen LogP contribution in [0.2, 0.25) is 0 Å². The van der Waals surface area contributed by atoms with Crippen molar-refractivity contribution in [2.75, 3.05) is 13.2 Å². The first-order valence-corrected chi connectivity index (χ1v) is 6.44. The fraction of sp³-hybridized carbons (Fsp3) is 0.533. The Balaban J connectivity index is 1.85. The molecule has 0 N–H and O–H groups in total. The predicted octanol–water partition coefficient (Wildman–Crippen LogP) is 2.21. The number of benzene rings is 1. The molecule has 3 fully saturated rings. The van der Waals surface area contributed by atoms with Gasteiger partial charge in [-0.05, 0) is 35.3 Å². The van der Waals surface area contributed by atoms with Gasteiger partial charge >= 0.3 is 0 Å². The van der Waals surface area contributed by atoms with Crippen molar-refractivity contribution >= 4 is 0 Å². The van der Waals surface area contributed by atoms with Crippen LogP contribution in [0.5, 0.6) is 0 Å². The van der Waals surface area contributed by atoms with Gasteiger partial charge in [-0.1, -0.05) is 24.3 Å². The fourth-order valence-corrected chi connectivity index (χ4v) is 5.52. The normalized spacial score (nSPS) is 51.6. The Kier molecular flexibility index (Phi) is 1.17. The van der Waals surface area contributed by atoms with E-state index in [2.05, 4.69) is 30.3 Å². The molecule has 1 unspecified atom stereocenters. The summed E-state index contributed by atoms with van der Waals surface area (Å²) in [4.78, 5) is 0. The molecule has 1 saturated heterocycles. The molecule has 0 radical (unpaired) electrons. The molecule has 1 heterocycles. The summed E-state index contributed by atoms with van der Waals surface area (Å²) >= 11 is 0. The van der Waals surface area contributed by atoms with Gasteiger partial charge in [0.25, 0.3) is 0 Å². The molecular weight excluding hydrogens is 210 g/mol. The highest BCUT2D eigenvalue weighted by Gasteiger charge is 2.89. The molecule has 17 heavy (non-hydrogen) atoms. The van der Waals surface area contributed by atoms with Crippen LogP contribution in [0.3, 0.4) is 0 Å². The quantitative estimate of drug-likeness (QED) is 0.675. The maximum Gasteiger partial charge on any atom is 0.0950 e. The van der Waals surface area contributed by atoms with E-state index in [9.17, 15) is 5.26 Å². The lowest BCUT2D eigenvalue weighted by Crippen LogP contribution is -2.22. The number of hydrogen-bond acceptors (Lipinski definition) is 2. The largest absolute Gasteiger partial charge is 0.380 e. The third-order valence-corrected chi connectivity index (χ3v) is 5.96. The van der Waals surface area contributed by atoms with E-state index in [1.807, 2.05) is 0 Å². The zero-order valence-electron chi connectivity index (χ0n) is 9.52. The van der Waals surface area contributed by atoms with Gasteiger partial charge < -0.3 is 4.74 Å². The summed E-state index contributed by atoms with van der Waals surface area (Å²) in [6.45, 7) is 1.70. The third kappa shape index (κ3) is 0.600. The highest BCUT2D eigenvalue weighted by molar-refractivity contribution is 5.63. The molecule has 1 aromatic carbocycles. The molecule has 0 bridgehead atoms. The van der Waals surface area contributed by atoms with Crippen LogP contribution in [0.1, 0.15) is 23.5 Å². The van der Waals surface area contributed by atoms with Crippen LogP contribution >= 0.6 is 0 Å². The molecule has 1 aliphatic heterocycles. The minimum atomic E-state index is -0.187. The summed E-state index contributed by atoms with van der Waals surface area (Å²) in [5.74, 6) is 1.83. The molecule has 5 rings (SSSR count). The van der Waals surface area contributed by atoms with Crippen LogP contribution < -0.4 is 0 Å². The van der Waals surface area contributed by atoms with E-state index in [1.54, 1.807) is 0 Å². The lowest BCUT2D eigenvalue weighted by atomic mass is 9.81. The number of nitriles is 1. The Labute approximate surface area is 100 Å². The molecule has 84 valence electrons. The van der Waals surface area contributed by atoms with Crippen molar-refractivity contribution in [3.8, 4) is 6.07 Å². The smallest absolute Gasteiger partial charge is 0.0950 e. The Bertz CT molecular complexity index is 589. The van der Waals surface area contributed by atoms with Crippen molar-refractivity contribution in [3.05, 3.63) is 35.4 Å². The SMILES string of the molecule is N#C[C@@]12c3ccccc3[C@@H]3C[C@H]4COCC41[C@@H]32. The van der Waals surface area contributed by atoms with Gasteiger partial charge in [0.05, 0.1) is 24.7 Å². The highest BCUT2D eigenvalue weighted by Crippen LogP contribution is 2.87. The predicted molar refractivity (Wildman–Crippen MR) is 61.3 cm³/mol. The van der Waals surface area contributed by atoms with E-state index in [0.29, 0.717) is 17.8 Å². The molecule has 1 aromatic rings. The Hall–Kier alpha value is -1.33. The third-order valence-electron chi connectivity index (χ3n) is 5.96. The lowest BCUT2D eigenvalue weighted by molar-refractivity contribution is 0.168. The van der Waals surface area contributed by atoms with Gasteiger partial charge in [0.15, 0.2) is 0 Å². The second kappa shape index (κ2) is 2.28. The van der Waals surface area contributed by atoms with Gasteiger partial charge in [-0.15, -0.1) is 0 Å². The summed E-state index contributed by atoms with van der Waals surface area (Å²) in [5, 5.41) is 9.77. The zero-order valence-corrected chi connectivity index (χ0v) is 9.52. The van der Waals surface area contributed by atoms with Crippen LogP contribution in [-0.2, 0) is 10.2 Å². The molecule has 3 aliphatic carbocycles. The summed E-state index contributed by atoms with van der Waals surface area (Å²) in [7, 11) is 0. The summed E-state index contributed by atoms with van der Waals surface area (Å²) in [6.07, 6.45) is 1.24. The standard InChI is InChI=1S/C15H13NO/c16-7-14-12-4-2-1-3-10(12)11-5-9-6-17-8-15(9,14)13(11)14/h1-4,9,11,13H,5-6,8H2/t9-,11-,13-,14-,15?/m0/s1. The highest BCUT2D eigenvalue weighted by atomic mass is 16.5. The fourth-order valence-electron chi connectivity index (χ4n) is 5.52. The van der Waals surface area contributed by atoms with E-state index in [4.69, 9.17) is 4.74 Å². The van der Waals surface area contributed by atoms with Crippen LogP contribution in [0.25, 0.3) is 0 Å². The molecule has 0 amide bonds. The minimum absolute atomic E-state index is 0.187. The first kappa shape index (κ1) is 8.72. The van der Waals surface area contributed by atoms with Crippen molar-refractivity contribution in [2.45, 2.75) is 17.8 Å². The second-order valence-electron chi connectivity index (χ2n) is 6.08. The van der Waals surface area contributed by atoms with Crippen LogP contribution in [-0.4, -0.2) is 13.2 Å². The average Bonchev–Trinajstić information content (AvgIpc) is 2.68. The number of nitrogens with zero attached hydrogens (tertiary/aromatic N) is 1. The summed E-state index contributed by atoms with van der Waals surface area (Å²) in [5.41, 5.74) is 2.79. The Morgan fingerprint density at radius 3 is 3.12 bits per heavy atom. The molecule has 0 aromatic heterocycles. The Morgan fingerprint density at radius 2 is 2.24 bits per heavy atom. The maximum atomic E-state index is 9.77. The van der Waals surface area contributed by atoms with Gasteiger partial charge in [0.2, 0.25) is 0 Å². The van der Waals surface area contributed by atoms with Gasteiger partial charge in [-0.25, -0.2) is 0 Å². The van der Waals surface area contributed by atoms with Crippen LogP contribution in [0.4, 0.5) is 0 Å². The number of ether oxygens (including phenoxy) is 1. The molecule has 2 nitrogen and oxygen atoms in total. The van der Waals surface area contributed by atoms with Crippen molar-refractivity contribution < 1.29 is 4.74 Å². The van der Waals surface area contributed by atoms with E-state index >= 15 is 0 Å². The lowest BCUT2D eigenvalue weighted by Gasteiger charge is -2.18. The van der Waals surface area contributed by atoms with E-state index < -0.39 is 0 Å². The van der Waals surface area contributed by atoms with E-state index in [1.165, 1.54) is 17.5 Å². The minimum Gasteiger partial charge on any atom is -0.380 e. The molecule has 2 heteroatoms. The maximum absolute atomic E-state index is 9.77. The molecule has 5 atom stereocenters. The first-order chi connectivity index (χ1) is 8.36. The number of fused-ring (bicyclic) bond motifs is 3. The average molecular weight is 223 g/mol. The molecule has 4 aliphatic rings. The van der Waals surface area contributed by atoms with Gasteiger partial charge in [-0.2, -0.15) is 5.26 Å². The van der Waals surface area contributed by atoms with Gasteiger partial charge in [-0.3, -0.25) is 0 Å². The monoisotopic (exact) mass is 223 g/mol. The molecular formula is C15H13NO. The zero-order chi connectivity index (χ0) is 11.3. The van der Waals surface area contributed by atoms with E-state index in [0.717, 1.165) is 13.2 Å².